The molecule has 4 rings (SSSR count). The summed E-state index contributed by atoms with van der Waals surface area (Å²) in [7, 11) is 1.66. The Morgan fingerprint density at radius 3 is 2.69 bits per heavy atom. The van der Waals surface area contributed by atoms with Crippen molar-refractivity contribution in [2.24, 2.45) is 0 Å². The van der Waals surface area contributed by atoms with Gasteiger partial charge in [-0.25, -0.2) is 15.0 Å². The number of aromatic nitrogens is 4. The first kappa shape index (κ1) is 16.4. The van der Waals surface area contributed by atoms with E-state index in [2.05, 4.69) is 15.0 Å². The highest BCUT2D eigenvalue weighted by atomic mass is 32.2. The Hall–Kier alpha value is -3.06. The number of benzene rings is 2. The third kappa shape index (κ3) is 3.21. The molecule has 0 spiro atoms. The largest absolute Gasteiger partial charge is 0.497 e. The lowest BCUT2D eigenvalue weighted by atomic mass is 10.2. The standard InChI is InChI=1S/C19H17N5OS/c1-25-14-8-6-13(7-9-14)24-11-10-21-19(24)26-12-17-22-16-5-3-2-4-15(16)18(20)23-17/h2-11H,12H2,1H3,(H2,20,22,23). The van der Waals surface area contributed by atoms with E-state index in [0.29, 0.717) is 17.4 Å². The van der Waals surface area contributed by atoms with Gasteiger partial charge in [0.15, 0.2) is 5.16 Å². The number of para-hydroxylation sites is 1. The van der Waals surface area contributed by atoms with Gasteiger partial charge < -0.3 is 10.5 Å². The molecule has 6 nitrogen and oxygen atoms in total. The Labute approximate surface area is 155 Å². The van der Waals surface area contributed by atoms with E-state index in [1.54, 1.807) is 25.1 Å². The summed E-state index contributed by atoms with van der Waals surface area (Å²) in [5.74, 6) is 2.60. The van der Waals surface area contributed by atoms with Gasteiger partial charge in [-0.1, -0.05) is 23.9 Å². The number of imidazole rings is 1. The molecule has 0 saturated heterocycles. The maximum absolute atomic E-state index is 6.06. The molecule has 0 atom stereocenters. The highest BCUT2D eigenvalue weighted by Crippen LogP contribution is 2.25. The van der Waals surface area contributed by atoms with E-state index in [-0.39, 0.29) is 0 Å². The number of fused-ring (bicyclic) bond motifs is 1. The molecule has 0 fully saturated rings. The Balaban J connectivity index is 1.56. The van der Waals surface area contributed by atoms with Gasteiger partial charge >= 0.3 is 0 Å². The lowest BCUT2D eigenvalue weighted by Gasteiger charge is -2.09. The van der Waals surface area contributed by atoms with Crippen LogP contribution in [0.4, 0.5) is 5.82 Å². The molecule has 130 valence electrons. The average Bonchev–Trinajstić information content (AvgIpc) is 3.15. The van der Waals surface area contributed by atoms with Crippen LogP contribution < -0.4 is 10.5 Å². The summed E-state index contributed by atoms with van der Waals surface area (Å²) < 4.78 is 7.23. The molecule has 26 heavy (non-hydrogen) atoms. The van der Waals surface area contributed by atoms with E-state index in [9.17, 15) is 0 Å². The molecule has 0 aliphatic carbocycles. The summed E-state index contributed by atoms with van der Waals surface area (Å²) in [6, 6.07) is 15.6. The summed E-state index contributed by atoms with van der Waals surface area (Å²) in [5, 5.41) is 1.74. The number of methoxy groups -OCH3 is 1. The number of thioether (sulfide) groups is 1. The Kier molecular flexibility index (Phi) is 4.45. The molecular formula is C19H17N5OS. The topological polar surface area (TPSA) is 78.8 Å². The van der Waals surface area contributed by atoms with Crippen LogP contribution in [0.1, 0.15) is 5.82 Å². The van der Waals surface area contributed by atoms with Crippen LogP contribution in [0.15, 0.2) is 66.1 Å². The van der Waals surface area contributed by atoms with Gasteiger partial charge in [-0.2, -0.15) is 0 Å². The molecule has 0 radical (unpaired) electrons. The first-order chi connectivity index (χ1) is 12.7. The fourth-order valence-electron chi connectivity index (χ4n) is 2.68. The molecule has 2 heterocycles. The molecule has 0 unspecified atom stereocenters. The number of rotatable bonds is 5. The summed E-state index contributed by atoms with van der Waals surface area (Å²) >= 11 is 1.57. The van der Waals surface area contributed by atoms with Crippen LogP contribution in [0.2, 0.25) is 0 Å². The molecule has 0 saturated carbocycles. The summed E-state index contributed by atoms with van der Waals surface area (Å²) in [4.78, 5) is 13.5. The third-order valence-corrected chi connectivity index (χ3v) is 4.93. The van der Waals surface area contributed by atoms with Crippen molar-refractivity contribution in [1.29, 1.82) is 0 Å². The predicted octanol–water partition coefficient (Wildman–Crippen LogP) is 3.70. The van der Waals surface area contributed by atoms with Gasteiger partial charge in [0.05, 0.1) is 18.4 Å². The average molecular weight is 363 g/mol. The normalized spacial score (nSPS) is 11.0. The van der Waals surface area contributed by atoms with Crippen molar-refractivity contribution in [2.75, 3.05) is 12.8 Å². The molecule has 7 heteroatoms. The van der Waals surface area contributed by atoms with Crippen LogP contribution in [0.25, 0.3) is 16.6 Å². The fraction of sp³-hybridized carbons (Fsp3) is 0.105. The number of nitrogens with two attached hydrogens (primary N) is 1. The van der Waals surface area contributed by atoms with Gasteiger partial charge in [-0.15, -0.1) is 0 Å². The van der Waals surface area contributed by atoms with Crippen LogP contribution in [0, 0.1) is 0 Å². The van der Waals surface area contributed by atoms with Gasteiger partial charge in [0.2, 0.25) is 0 Å². The molecule has 2 aromatic heterocycles. The monoisotopic (exact) mass is 363 g/mol. The fourth-order valence-corrected chi connectivity index (χ4v) is 3.51. The van der Waals surface area contributed by atoms with Crippen molar-refractivity contribution < 1.29 is 4.74 Å². The highest BCUT2D eigenvalue weighted by Gasteiger charge is 2.09. The molecule has 4 aromatic rings. The zero-order valence-electron chi connectivity index (χ0n) is 14.2. The van der Waals surface area contributed by atoms with Gasteiger partial charge in [-0.3, -0.25) is 4.57 Å². The molecule has 2 aromatic carbocycles. The molecule has 0 bridgehead atoms. The molecule has 0 aliphatic rings. The van der Waals surface area contributed by atoms with Crippen LogP contribution >= 0.6 is 11.8 Å². The summed E-state index contributed by atoms with van der Waals surface area (Å²) in [5.41, 5.74) is 7.94. The smallest absolute Gasteiger partial charge is 0.173 e. The molecule has 2 N–H and O–H groups in total. The van der Waals surface area contributed by atoms with Crippen molar-refractivity contribution >= 4 is 28.5 Å². The van der Waals surface area contributed by atoms with Crippen molar-refractivity contribution in [3.63, 3.8) is 0 Å². The first-order valence-corrected chi connectivity index (χ1v) is 9.05. The first-order valence-electron chi connectivity index (χ1n) is 8.06. The number of nitrogens with zero attached hydrogens (tertiary/aromatic N) is 4. The van der Waals surface area contributed by atoms with E-state index >= 15 is 0 Å². The Bertz CT molecular complexity index is 1050. The highest BCUT2D eigenvalue weighted by molar-refractivity contribution is 7.98. The van der Waals surface area contributed by atoms with Crippen LogP contribution in [-0.4, -0.2) is 26.6 Å². The molecule has 0 amide bonds. The zero-order valence-corrected chi connectivity index (χ0v) is 15.0. The minimum Gasteiger partial charge on any atom is -0.497 e. The summed E-state index contributed by atoms with van der Waals surface area (Å²) in [6.45, 7) is 0. The minimum absolute atomic E-state index is 0.504. The van der Waals surface area contributed by atoms with Crippen molar-refractivity contribution in [2.45, 2.75) is 10.9 Å². The van der Waals surface area contributed by atoms with E-state index in [4.69, 9.17) is 10.5 Å². The van der Waals surface area contributed by atoms with Crippen molar-refractivity contribution in [1.82, 2.24) is 19.5 Å². The Morgan fingerprint density at radius 2 is 1.88 bits per heavy atom. The van der Waals surface area contributed by atoms with Crippen LogP contribution in [-0.2, 0) is 5.75 Å². The number of ether oxygens (including phenoxy) is 1. The summed E-state index contributed by atoms with van der Waals surface area (Å²) in [6.07, 6.45) is 3.71. The number of anilines is 1. The van der Waals surface area contributed by atoms with Crippen LogP contribution in [0.5, 0.6) is 5.75 Å². The van der Waals surface area contributed by atoms with Crippen LogP contribution in [0.3, 0.4) is 0 Å². The van der Waals surface area contributed by atoms with E-state index in [1.165, 1.54) is 0 Å². The van der Waals surface area contributed by atoms with Crippen molar-refractivity contribution in [3.05, 3.63) is 66.7 Å². The van der Waals surface area contributed by atoms with E-state index in [0.717, 1.165) is 27.5 Å². The van der Waals surface area contributed by atoms with Gasteiger partial charge in [0.25, 0.3) is 0 Å². The second kappa shape index (κ2) is 7.05. The minimum atomic E-state index is 0.504. The zero-order chi connectivity index (χ0) is 17.9. The number of nitrogen functional groups attached to an aromatic ring is 1. The number of hydrogen-bond donors (Lipinski definition) is 1. The lowest BCUT2D eigenvalue weighted by molar-refractivity contribution is 0.414. The van der Waals surface area contributed by atoms with Crippen molar-refractivity contribution in [3.8, 4) is 11.4 Å². The molecule has 0 aliphatic heterocycles. The lowest BCUT2D eigenvalue weighted by Crippen LogP contribution is -2.01. The van der Waals surface area contributed by atoms with E-state index in [1.807, 2.05) is 59.3 Å². The Morgan fingerprint density at radius 1 is 1.08 bits per heavy atom. The second-order valence-electron chi connectivity index (χ2n) is 5.61. The third-order valence-electron chi connectivity index (χ3n) is 3.97. The maximum Gasteiger partial charge on any atom is 0.173 e. The molecular weight excluding hydrogens is 346 g/mol. The predicted molar refractivity (Wildman–Crippen MR) is 104 cm³/mol. The van der Waals surface area contributed by atoms with Gasteiger partial charge in [-0.05, 0) is 36.4 Å². The van der Waals surface area contributed by atoms with E-state index < -0.39 is 0 Å². The second-order valence-corrected chi connectivity index (χ2v) is 6.55. The number of hydrogen-bond acceptors (Lipinski definition) is 6. The van der Waals surface area contributed by atoms with Gasteiger partial charge in [0.1, 0.15) is 17.4 Å². The maximum atomic E-state index is 6.06. The SMILES string of the molecule is COc1ccc(-n2ccnc2SCc2nc(N)c3ccccc3n2)cc1. The quantitative estimate of drug-likeness (QED) is 0.545. The van der Waals surface area contributed by atoms with Gasteiger partial charge in [0, 0.05) is 23.5 Å².